The van der Waals surface area contributed by atoms with E-state index in [4.69, 9.17) is 19.9 Å². The van der Waals surface area contributed by atoms with E-state index in [1.165, 1.54) is 0 Å². The molecule has 2 aromatic rings. The summed E-state index contributed by atoms with van der Waals surface area (Å²) in [5, 5.41) is 10.1. The minimum absolute atomic E-state index is 0.106. The Balaban J connectivity index is 1.55. The van der Waals surface area contributed by atoms with Gasteiger partial charge in [-0.2, -0.15) is 0 Å². The molecule has 1 saturated heterocycles. The zero-order valence-electron chi connectivity index (χ0n) is 21.5. The van der Waals surface area contributed by atoms with E-state index in [9.17, 15) is 9.90 Å². The third kappa shape index (κ3) is 6.45. The van der Waals surface area contributed by atoms with E-state index in [2.05, 4.69) is 6.07 Å². The maximum atomic E-state index is 13.3. The molecule has 2 aromatic carbocycles. The summed E-state index contributed by atoms with van der Waals surface area (Å²) in [7, 11) is 1.69. The number of para-hydroxylation sites is 2. The van der Waals surface area contributed by atoms with Crippen LogP contribution in [0.15, 0.2) is 48.5 Å². The molecule has 196 valence electrons. The van der Waals surface area contributed by atoms with Crippen molar-refractivity contribution in [2.75, 3.05) is 33.4 Å². The zero-order valence-corrected chi connectivity index (χ0v) is 21.5. The Morgan fingerprint density at radius 3 is 2.58 bits per heavy atom. The molecule has 1 aliphatic heterocycles. The molecule has 3 N–H and O–H groups in total. The van der Waals surface area contributed by atoms with Gasteiger partial charge in [0.1, 0.15) is 11.5 Å². The lowest BCUT2D eigenvalue weighted by atomic mass is 9.87. The van der Waals surface area contributed by atoms with Crippen molar-refractivity contribution in [2.45, 2.75) is 57.3 Å². The highest BCUT2D eigenvalue weighted by atomic mass is 16.5. The first kappa shape index (κ1) is 26.6. The van der Waals surface area contributed by atoms with Gasteiger partial charge < -0.3 is 30.0 Å². The number of aliphatic hydroxyl groups excluding tert-OH is 1. The lowest BCUT2D eigenvalue weighted by Crippen LogP contribution is -2.44. The van der Waals surface area contributed by atoms with Crippen LogP contribution in [0.25, 0.3) is 0 Å². The van der Waals surface area contributed by atoms with Crippen LogP contribution in [0.5, 0.6) is 11.5 Å². The SMILES string of the molecule is COCCCO[C@@H](c1ccccc1Oc1ccccc1C)C1CCCN(C(=O)[C@H]2C[C@@H](N)[C@@H](O)C2)C1. The van der Waals surface area contributed by atoms with Gasteiger partial charge >= 0.3 is 0 Å². The minimum atomic E-state index is -0.595. The van der Waals surface area contributed by atoms with E-state index in [1.54, 1.807) is 7.11 Å². The van der Waals surface area contributed by atoms with Crippen LogP contribution in [-0.2, 0) is 14.3 Å². The Kier molecular flexibility index (Phi) is 9.37. The zero-order chi connectivity index (χ0) is 25.5. The Morgan fingerprint density at radius 1 is 1.11 bits per heavy atom. The first-order valence-corrected chi connectivity index (χ1v) is 13.1. The van der Waals surface area contributed by atoms with E-state index in [-0.39, 0.29) is 29.9 Å². The number of piperidine rings is 1. The van der Waals surface area contributed by atoms with Gasteiger partial charge in [0.05, 0.1) is 12.2 Å². The summed E-state index contributed by atoms with van der Waals surface area (Å²) in [6, 6.07) is 15.7. The molecular formula is C29H40N2O5. The lowest BCUT2D eigenvalue weighted by Gasteiger charge is -2.38. The third-order valence-corrected chi connectivity index (χ3v) is 7.45. The van der Waals surface area contributed by atoms with Crippen molar-refractivity contribution in [3.05, 3.63) is 59.7 Å². The maximum Gasteiger partial charge on any atom is 0.225 e. The molecule has 1 amide bonds. The molecule has 1 unspecified atom stereocenters. The summed E-state index contributed by atoms with van der Waals surface area (Å²) in [5.41, 5.74) is 8.05. The molecule has 5 atom stereocenters. The summed E-state index contributed by atoms with van der Waals surface area (Å²) in [6.45, 7) is 4.58. The lowest BCUT2D eigenvalue weighted by molar-refractivity contribution is -0.139. The van der Waals surface area contributed by atoms with Crippen LogP contribution in [-0.4, -0.2) is 61.5 Å². The van der Waals surface area contributed by atoms with E-state index in [0.717, 1.165) is 48.4 Å². The molecule has 1 aliphatic carbocycles. The van der Waals surface area contributed by atoms with E-state index in [1.807, 2.05) is 54.3 Å². The number of amides is 1. The second-order valence-electron chi connectivity index (χ2n) is 10.1. The molecule has 36 heavy (non-hydrogen) atoms. The Hall–Kier alpha value is -2.45. The first-order valence-electron chi connectivity index (χ1n) is 13.1. The van der Waals surface area contributed by atoms with Crippen LogP contribution in [0.1, 0.15) is 49.3 Å². The van der Waals surface area contributed by atoms with Gasteiger partial charge in [-0.3, -0.25) is 4.79 Å². The first-order chi connectivity index (χ1) is 17.5. The van der Waals surface area contributed by atoms with Gasteiger partial charge in [-0.05, 0) is 56.7 Å². The highest BCUT2D eigenvalue weighted by molar-refractivity contribution is 5.79. The van der Waals surface area contributed by atoms with Crippen molar-refractivity contribution in [1.29, 1.82) is 0 Å². The number of benzene rings is 2. The smallest absolute Gasteiger partial charge is 0.225 e. The van der Waals surface area contributed by atoms with Crippen LogP contribution in [0.3, 0.4) is 0 Å². The summed E-state index contributed by atoms with van der Waals surface area (Å²) in [6.07, 6.45) is 2.86. The molecule has 0 spiro atoms. The van der Waals surface area contributed by atoms with E-state index in [0.29, 0.717) is 32.6 Å². The fourth-order valence-electron chi connectivity index (χ4n) is 5.46. The topological polar surface area (TPSA) is 94.2 Å². The summed E-state index contributed by atoms with van der Waals surface area (Å²) < 4.78 is 18.1. The van der Waals surface area contributed by atoms with Crippen LogP contribution in [0.4, 0.5) is 0 Å². The predicted octanol–water partition coefficient (Wildman–Crippen LogP) is 4.22. The quantitative estimate of drug-likeness (QED) is 0.479. The molecule has 7 nitrogen and oxygen atoms in total. The second kappa shape index (κ2) is 12.7. The number of likely N-dealkylation sites (tertiary alicyclic amines) is 1. The molecule has 4 rings (SSSR count). The predicted molar refractivity (Wildman–Crippen MR) is 139 cm³/mol. The molecule has 2 fully saturated rings. The number of nitrogens with zero attached hydrogens (tertiary/aromatic N) is 1. The number of carbonyl (C=O) groups is 1. The van der Waals surface area contributed by atoms with Crippen molar-refractivity contribution in [1.82, 2.24) is 4.90 Å². The van der Waals surface area contributed by atoms with Crippen molar-refractivity contribution < 1.29 is 24.1 Å². The normalized spacial score (nSPS) is 25.1. The van der Waals surface area contributed by atoms with E-state index < -0.39 is 6.10 Å². The Labute approximate surface area is 214 Å². The standard InChI is InChI=1S/C29H40N2O5/c1-20-9-3-5-12-26(20)36-27-13-6-4-11-23(27)28(35-16-8-15-34-2)21-10-7-14-31(19-21)29(33)22-17-24(30)25(32)18-22/h3-6,9,11-13,21-22,24-25,28,32H,7-8,10,14-19,30H2,1-2H3/t21?,22-,24+,25-,28+/m0/s1. The molecular weight excluding hydrogens is 456 g/mol. The molecule has 0 bridgehead atoms. The van der Waals surface area contributed by atoms with Crippen LogP contribution in [0, 0.1) is 18.8 Å². The molecule has 7 heteroatoms. The number of hydrogen-bond acceptors (Lipinski definition) is 6. The van der Waals surface area contributed by atoms with Gasteiger partial charge in [0.25, 0.3) is 0 Å². The highest BCUT2D eigenvalue weighted by Crippen LogP contribution is 2.40. The fraction of sp³-hybridized carbons (Fsp3) is 0.552. The minimum Gasteiger partial charge on any atom is -0.457 e. The van der Waals surface area contributed by atoms with Crippen molar-refractivity contribution in [2.24, 2.45) is 17.6 Å². The number of rotatable bonds is 10. The molecule has 1 saturated carbocycles. The average Bonchev–Trinajstić information content (AvgIpc) is 3.23. The van der Waals surface area contributed by atoms with Gasteiger partial charge in [0.2, 0.25) is 5.91 Å². The van der Waals surface area contributed by atoms with Crippen molar-refractivity contribution in [3.63, 3.8) is 0 Å². The monoisotopic (exact) mass is 496 g/mol. The van der Waals surface area contributed by atoms with E-state index >= 15 is 0 Å². The van der Waals surface area contributed by atoms with Crippen molar-refractivity contribution >= 4 is 5.91 Å². The van der Waals surface area contributed by atoms with Gasteiger partial charge in [-0.25, -0.2) is 0 Å². The van der Waals surface area contributed by atoms with Crippen LogP contribution >= 0.6 is 0 Å². The highest BCUT2D eigenvalue weighted by Gasteiger charge is 2.39. The Bertz CT molecular complexity index is 989. The largest absolute Gasteiger partial charge is 0.457 e. The van der Waals surface area contributed by atoms with Crippen LogP contribution in [0.2, 0.25) is 0 Å². The summed E-state index contributed by atoms with van der Waals surface area (Å²) in [5.74, 6) is 1.63. The molecule has 1 heterocycles. The molecule has 2 aliphatic rings. The number of hydrogen-bond donors (Lipinski definition) is 2. The summed E-state index contributed by atoms with van der Waals surface area (Å²) in [4.78, 5) is 15.3. The van der Waals surface area contributed by atoms with Gasteiger partial charge in [0.15, 0.2) is 0 Å². The Morgan fingerprint density at radius 2 is 1.86 bits per heavy atom. The number of nitrogens with two attached hydrogens (primary N) is 1. The van der Waals surface area contributed by atoms with Crippen molar-refractivity contribution in [3.8, 4) is 11.5 Å². The number of carbonyl (C=O) groups excluding carboxylic acids is 1. The number of aryl methyl sites for hydroxylation is 1. The number of aliphatic hydroxyl groups is 1. The molecule has 0 radical (unpaired) electrons. The summed E-state index contributed by atoms with van der Waals surface area (Å²) >= 11 is 0. The second-order valence-corrected chi connectivity index (χ2v) is 10.1. The maximum absolute atomic E-state index is 13.3. The van der Waals surface area contributed by atoms with Gasteiger partial charge in [-0.1, -0.05) is 36.4 Å². The van der Waals surface area contributed by atoms with Crippen LogP contribution < -0.4 is 10.5 Å². The third-order valence-electron chi connectivity index (χ3n) is 7.45. The molecule has 0 aromatic heterocycles. The van der Waals surface area contributed by atoms with Gasteiger partial charge in [0, 0.05) is 56.9 Å². The number of ether oxygens (including phenoxy) is 3. The average molecular weight is 497 g/mol. The van der Waals surface area contributed by atoms with Gasteiger partial charge in [-0.15, -0.1) is 0 Å². The number of methoxy groups -OCH3 is 1. The fourth-order valence-corrected chi connectivity index (χ4v) is 5.46.